The fourth-order valence-electron chi connectivity index (χ4n) is 3.21. The molecule has 0 fully saturated rings. The van der Waals surface area contributed by atoms with Crippen molar-refractivity contribution in [2.75, 3.05) is 13.7 Å². The monoisotopic (exact) mass is 499 g/mol. The number of hydrogen-bond donors (Lipinski definition) is 1. The first-order chi connectivity index (χ1) is 14.2. The van der Waals surface area contributed by atoms with E-state index in [4.69, 9.17) is 9.15 Å². The molecule has 0 aliphatic heterocycles. The molecule has 0 saturated carbocycles. The molecule has 6 nitrogen and oxygen atoms in total. The van der Waals surface area contributed by atoms with Gasteiger partial charge in [0.05, 0.1) is 10.7 Å². The van der Waals surface area contributed by atoms with Gasteiger partial charge in [-0.3, -0.25) is 9.78 Å². The number of aromatic nitrogens is 2. The summed E-state index contributed by atoms with van der Waals surface area (Å²) in [5, 5.41) is 5.17. The Bertz CT molecular complexity index is 1170. The Hall–Kier alpha value is -2.94. The van der Waals surface area contributed by atoms with Crippen LogP contribution in [0.15, 0.2) is 65.7 Å². The highest BCUT2D eigenvalue weighted by molar-refractivity contribution is 14.1. The van der Waals surface area contributed by atoms with E-state index in [1.807, 2.05) is 36.5 Å². The van der Waals surface area contributed by atoms with Gasteiger partial charge in [0.15, 0.2) is 17.8 Å². The molecular weight excluding hydrogens is 481 g/mol. The number of ether oxygens (including phenoxy) is 1. The maximum absolute atomic E-state index is 12.7. The van der Waals surface area contributed by atoms with Crippen molar-refractivity contribution in [2.24, 2.45) is 0 Å². The number of oxazole rings is 1. The maximum atomic E-state index is 12.7. The Morgan fingerprint density at radius 3 is 2.97 bits per heavy atom. The minimum Gasteiger partial charge on any atom is -0.496 e. The zero-order chi connectivity index (χ0) is 20.2. The molecule has 0 radical (unpaired) electrons. The minimum atomic E-state index is -0.266. The predicted octanol–water partition coefficient (Wildman–Crippen LogP) is 4.48. The zero-order valence-electron chi connectivity index (χ0n) is 15.7. The van der Waals surface area contributed by atoms with E-state index in [0.29, 0.717) is 18.7 Å². The van der Waals surface area contributed by atoms with Gasteiger partial charge in [-0.05, 0) is 64.2 Å². The Balaban J connectivity index is 1.47. The van der Waals surface area contributed by atoms with Crippen LogP contribution in [0.4, 0.5) is 0 Å². The standard InChI is InChI=1S/C22H18IN3O3/c1-28-19-6-5-16(11-18(19)23)21-20(26-13-29-21)22(27)25-10-8-15-4-2-3-14-7-9-24-12-17(14)15/h2-7,9,11-13H,8,10H2,1H3,(H,25,27). The van der Waals surface area contributed by atoms with E-state index in [0.717, 1.165) is 31.2 Å². The number of nitrogens with one attached hydrogen (secondary N) is 1. The fraction of sp³-hybridized carbons (Fsp3) is 0.136. The second-order valence-corrected chi connectivity index (χ2v) is 7.56. The third-order valence-electron chi connectivity index (χ3n) is 4.65. The van der Waals surface area contributed by atoms with Crippen LogP contribution in [-0.2, 0) is 6.42 Å². The second kappa shape index (κ2) is 8.60. The van der Waals surface area contributed by atoms with Gasteiger partial charge in [-0.2, -0.15) is 0 Å². The molecule has 29 heavy (non-hydrogen) atoms. The van der Waals surface area contributed by atoms with Crippen LogP contribution in [0.5, 0.6) is 5.75 Å². The summed E-state index contributed by atoms with van der Waals surface area (Å²) in [7, 11) is 1.62. The van der Waals surface area contributed by atoms with Gasteiger partial charge in [0, 0.05) is 29.9 Å². The number of fused-ring (bicyclic) bond motifs is 1. The second-order valence-electron chi connectivity index (χ2n) is 6.40. The summed E-state index contributed by atoms with van der Waals surface area (Å²) in [4.78, 5) is 21.0. The molecule has 7 heteroatoms. The van der Waals surface area contributed by atoms with Gasteiger partial charge in [0.2, 0.25) is 0 Å². The first kappa shape index (κ1) is 19.4. The molecule has 146 valence electrons. The Morgan fingerprint density at radius 1 is 1.24 bits per heavy atom. The van der Waals surface area contributed by atoms with Crippen LogP contribution in [0, 0.1) is 3.57 Å². The molecule has 4 rings (SSSR count). The highest BCUT2D eigenvalue weighted by Gasteiger charge is 2.19. The normalized spacial score (nSPS) is 10.8. The van der Waals surface area contributed by atoms with E-state index in [2.05, 4.69) is 50.0 Å². The number of pyridine rings is 1. The van der Waals surface area contributed by atoms with Gasteiger partial charge in [-0.25, -0.2) is 4.98 Å². The summed E-state index contributed by atoms with van der Waals surface area (Å²) in [5.41, 5.74) is 2.18. The molecule has 0 spiro atoms. The Kier molecular flexibility index (Phi) is 5.75. The summed E-state index contributed by atoms with van der Waals surface area (Å²) in [5.74, 6) is 0.944. The summed E-state index contributed by atoms with van der Waals surface area (Å²) < 4.78 is 11.7. The number of benzene rings is 2. The quantitative estimate of drug-likeness (QED) is 0.396. The van der Waals surface area contributed by atoms with E-state index >= 15 is 0 Å². The first-order valence-electron chi connectivity index (χ1n) is 9.04. The molecule has 4 aromatic rings. The maximum Gasteiger partial charge on any atom is 0.273 e. The lowest BCUT2D eigenvalue weighted by Gasteiger charge is -2.08. The Morgan fingerprint density at radius 2 is 2.14 bits per heavy atom. The van der Waals surface area contributed by atoms with Crippen molar-refractivity contribution in [2.45, 2.75) is 6.42 Å². The number of rotatable bonds is 6. The van der Waals surface area contributed by atoms with Crippen molar-refractivity contribution in [3.8, 4) is 17.1 Å². The number of methoxy groups -OCH3 is 1. The predicted molar refractivity (Wildman–Crippen MR) is 119 cm³/mol. The van der Waals surface area contributed by atoms with Gasteiger partial charge in [0.25, 0.3) is 5.91 Å². The number of carbonyl (C=O) groups is 1. The van der Waals surface area contributed by atoms with E-state index < -0.39 is 0 Å². The van der Waals surface area contributed by atoms with Crippen LogP contribution in [0.1, 0.15) is 16.1 Å². The fourth-order valence-corrected chi connectivity index (χ4v) is 3.94. The van der Waals surface area contributed by atoms with Gasteiger partial charge in [-0.1, -0.05) is 18.2 Å². The summed E-state index contributed by atoms with van der Waals surface area (Å²) in [6.45, 7) is 0.485. The molecule has 2 aromatic heterocycles. The highest BCUT2D eigenvalue weighted by Crippen LogP contribution is 2.29. The van der Waals surface area contributed by atoms with Crippen molar-refractivity contribution < 1.29 is 13.9 Å². The van der Waals surface area contributed by atoms with E-state index in [1.165, 1.54) is 6.39 Å². The smallest absolute Gasteiger partial charge is 0.273 e. The van der Waals surface area contributed by atoms with Crippen molar-refractivity contribution in [1.29, 1.82) is 0 Å². The van der Waals surface area contributed by atoms with Crippen molar-refractivity contribution in [3.63, 3.8) is 0 Å². The lowest BCUT2D eigenvalue weighted by atomic mass is 10.0. The topological polar surface area (TPSA) is 77.2 Å². The molecule has 0 aliphatic carbocycles. The van der Waals surface area contributed by atoms with Gasteiger partial charge in [-0.15, -0.1) is 0 Å². The van der Waals surface area contributed by atoms with Crippen LogP contribution in [0.3, 0.4) is 0 Å². The number of amides is 1. The largest absolute Gasteiger partial charge is 0.496 e. The molecule has 1 N–H and O–H groups in total. The lowest BCUT2D eigenvalue weighted by Crippen LogP contribution is -2.26. The van der Waals surface area contributed by atoms with Gasteiger partial charge in [0.1, 0.15) is 5.75 Å². The van der Waals surface area contributed by atoms with Gasteiger partial charge >= 0.3 is 0 Å². The van der Waals surface area contributed by atoms with Crippen molar-refractivity contribution >= 4 is 39.3 Å². The Labute approximate surface area is 181 Å². The molecular formula is C22H18IN3O3. The molecule has 0 unspecified atom stereocenters. The zero-order valence-corrected chi connectivity index (χ0v) is 17.8. The minimum absolute atomic E-state index is 0.266. The van der Waals surface area contributed by atoms with Crippen LogP contribution in [0.25, 0.3) is 22.1 Å². The van der Waals surface area contributed by atoms with Crippen molar-refractivity contribution in [3.05, 3.63) is 76.1 Å². The van der Waals surface area contributed by atoms with E-state index in [1.54, 1.807) is 13.3 Å². The third kappa shape index (κ3) is 4.09. The third-order valence-corrected chi connectivity index (χ3v) is 5.49. The van der Waals surface area contributed by atoms with Crippen LogP contribution >= 0.6 is 22.6 Å². The molecule has 1 amide bonds. The SMILES string of the molecule is COc1ccc(-c2ocnc2C(=O)NCCc2cccc3ccncc23)cc1I. The number of halogens is 1. The molecule has 0 saturated heterocycles. The van der Waals surface area contributed by atoms with Crippen LogP contribution in [-0.4, -0.2) is 29.5 Å². The summed E-state index contributed by atoms with van der Waals surface area (Å²) in [6.07, 6.45) is 5.62. The molecule has 0 atom stereocenters. The van der Waals surface area contributed by atoms with Crippen molar-refractivity contribution in [1.82, 2.24) is 15.3 Å². The van der Waals surface area contributed by atoms with E-state index in [-0.39, 0.29) is 11.6 Å². The average molecular weight is 499 g/mol. The van der Waals surface area contributed by atoms with Gasteiger partial charge < -0.3 is 14.5 Å². The molecule has 0 bridgehead atoms. The van der Waals surface area contributed by atoms with Crippen LogP contribution < -0.4 is 10.1 Å². The number of nitrogens with zero attached hydrogens (tertiary/aromatic N) is 2. The molecule has 0 aliphatic rings. The van der Waals surface area contributed by atoms with E-state index in [9.17, 15) is 4.79 Å². The van der Waals surface area contributed by atoms with Crippen LogP contribution in [0.2, 0.25) is 0 Å². The molecule has 2 heterocycles. The lowest BCUT2D eigenvalue weighted by molar-refractivity contribution is 0.0950. The highest BCUT2D eigenvalue weighted by atomic mass is 127. The number of carbonyl (C=O) groups excluding carboxylic acids is 1. The average Bonchev–Trinajstić information content (AvgIpc) is 3.24. The number of hydrogen-bond acceptors (Lipinski definition) is 5. The summed E-state index contributed by atoms with van der Waals surface area (Å²) >= 11 is 2.18. The first-order valence-corrected chi connectivity index (χ1v) is 10.1. The molecule has 2 aromatic carbocycles. The summed E-state index contributed by atoms with van der Waals surface area (Å²) in [6, 6.07) is 13.7.